The maximum atomic E-state index is 13.0. The molecule has 1 N–H and O–H groups in total. The lowest BCUT2D eigenvalue weighted by Crippen LogP contribution is -2.42. The summed E-state index contributed by atoms with van der Waals surface area (Å²) < 4.78 is 40.5. The second-order valence-corrected chi connectivity index (χ2v) is 8.37. The van der Waals surface area contributed by atoms with Crippen LogP contribution in [-0.4, -0.2) is 20.0 Å². The van der Waals surface area contributed by atoms with Crippen LogP contribution in [0.2, 0.25) is 0 Å². The van der Waals surface area contributed by atoms with E-state index < -0.39 is 41.2 Å². The number of aromatic nitrogens is 3. The summed E-state index contributed by atoms with van der Waals surface area (Å²) in [4.78, 5) is 43.4. The number of nitrogens with zero attached hydrogens (tertiary/aromatic N) is 3. The number of rotatable bonds is 5. The lowest BCUT2D eigenvalue weighted by atomic mass is 10.2. The first-order valence-corrected chi connectivity index (χ1v) is 10.8. The molecule has 0 unspecified atom stereocenters. The molecule has 0 aliphatic heterocycles. The number of fused-ring (bicyclic) bond motifs is 1. The zero-order valence-electron chi connectivity index (χ0n) is 17.7. The highest BCUT2D eigenvalue weighted by Crippen LogP contribution is 2.33. The van der Waals surface area contributed by atoms with Crippen LogP contribution < -0.4 is 16.6 Å². The second-order valence-electron chi connectivity index (χ2n) is 7.26. The van der Waals surface area contributed by atoms with Gasteiger partial charge in [0.1, 0.15) is 17.9 Å². The van der Waals surface area contributed by atoms with E-state index in [9.17, 15) is 27.6 Å². The van der Waals surface area contributed by atoms with E-state index in [1.165, 1.54) is 18.8 Å². The van der Waals surface area contributed by atoms with Crippen LogP contribution in [0, 0.1) is 0 Å². The monoisotopic (exact) mass is 486 g/mol. The van der Waals surface area contributed by atoms with Crippen LogP contribution in [-0.2, 0) is 24.6 Å². The molecule has 4 rings (SSSR count). The number of carbonyl (C=O) groups is 1. The molecule has 0 aliphatic carbocycles. The SMILES string of the molecule is Cn1c(=O)n(CC(=O)Nc2ccccc2Sc2ccccc2)c(=O)c2ccc(C(F)(F)F)nc21. The normalized spacial score (nSPS) is 11.5. The molecule has 1 amide bonds. The molecule has 2 aromatic carbocycles. The zero-order chi connectivity index (χ0) is 24.5. The predicted octanol–water partition coefficient (Wildman–Crippen LogP) is 3.90. The Kier molecular flexibility index (Phi) is 6.29. The summed E-state index contributed by atoms with van der Waals surface area (Å²) in [7, 11) is 1.19. The highest BCUT2D eigenvalue weighted by Gasteiger charge is 2.33. The third kappa shape index (κ3) is 4.74. The van der Waals surface area contributed by atoms with Gasteiger partial charge in [0.05, 0.1) is 11.1 Å². The number of hydrogen-bond donors (Lipinski definition) is 1. The van der Waals surface area contributed by atoms with Crippen molar-refractivity contribution in [1.82, 2.24) is 14.1 Å². The van der Waals surface area contributed by atoms with Gasteiger partial charge in [0.2, 0.25) is 5.91 Å². The molecule has 0 radical (unpaired) electrons. The van der Waals surface area contributed by atoms with Crippen LogP contribution >= 0.6 is 11.8 Å². The van der Waals surface area contributed by atoms with Crippen LogP contribution in [0.3, 0.4) is 0 Å². The van der Waals surface area contributed by atoms with Crippen molar-refractivity contribution in [3.05, 3.63) is 93.3 Å². The van der Waals surface area contributed by atoms with E-state index in [0.717, 1.165) is 20.4 Å². The van der Waals surface area contributed by atoms with Gasteiger partial charge in [-0.3, -0.25) is 18.7 Å². The van der Waals surface area contributed by atoms with Gasteiger partial charge in [-0.15, -0.1) is 0 Å². The summed E-state index contributed by atoms with van der Waals surface area (Å²) in [5, 5.41) is 2.49. The van der Waals surface area contributed by atoms with Crippen molar-refractivity contribution in [2.24, 2.45) is 7.05 Å². The quantitative estimate of drug-likeness (QED) is 0.463. The van der Waals surface area contributed by atoms with Crippen molar-refractivity contribution >= 4 is 34.4 Å². The molecule has 2 aromatic heterocycles. The Morgan fingerprint density at radius 3 is 2.38 bits per heavy atom. The van der Waals surface area contributed by atoms with Crippen molar-refractivity contribution < 1.29 is 18.0 Å². The van der Waals surface area contributed by atoms with Crippen LogP contribution in [0.5, 0.6) is 0 Å². The van der Waals surface area contributed by atoms with Crippen molar-refractivity contribution in [2.75, 3.05) is 5.32 Å². The number of pyridine rings is 1. The van der Waals surface area contributed by atoms with Crippen molar-refractivity contribution in [3.8, 4) is 0 Å². The number of para-hydroxylation sites is 1. The predicted molar refractivity (Wildman–Crippen MR) is 122 cm³/mol. The van der Waals surface area contributed by atoms with Gasteiger partial charge in [-0.05, 0) is 36.4 Å². The highest BCUT2D eigenvalue weighted by molar-refractivity contribution is 7.99. The molecule has 0 aliphatic rings. The van der Waals surface area contributed by atoms with Gasteiger partial charge in [0.25, 0.3) is 5.56 Å². The molecule has 11 heteroatoms. The third-order valence-electron chi connectivity index (χ3n) is 4.91. The molecule has 0 atom stereocenters. The Labute approximate surface area is 194 Å². The van der Waals surface area contributed by atoms with Gasteiger partial charge in [0, 0.05) is 16.8 Å². The second kappa shape index (κ2) is 9.18. The van der Waals surface area contributed by atoms with Crippen LogP contribution in [0.4, 0.5) is 18.9 Å². The number of nitrogens with one attached hydrogen (secondary N) is 1. The topological polar surface area (TPSA) is 86.0 Å². The number of aryl methyl sites for hydroxylation is 1. The fourth-order valence-electron chi connectivity index (χ4n) is 3.28. The molecular formula is C23H17F3N4O3S. The molecule has 0 bridgehead atoms. The number of anilines is 1. The molecule has 0 saturated carbocycles. The van der Waals surface area contributed by atoms with Crippen molar-refractivity contribution in [3.63, 3.8) is 0 Å². The van der Waals surface area contributed by atoms with Gasteiger partial charge in [-0.1, -0.05) is 42.1 Å². The summed E-state index contributed by atoms with van der Waals surface area (Å²) in [6.07, 6.45) is -4.73. The van der Waals surface area contributed by atoms with E-state index in [2.05, 4.69) is 10.3 Å². The van der Waals surface area contributed by atoms with E-state index in [4.69, 9.17) is 0 Å². The Morgan fingerprint density at radius 1 is 1.00 bits per heavy atom. The van der Waals surface area contributed by atoms with E-state index in [-0.39, 0.29) is 5.39 Å². The van der Waals surface area contributed by atoms with E-state index in [1.807, 2.05) is 42.5 Å². The molecular weight excluding hydrogens is 469 g/mol. The molecule has 0 fully saturated rings. The molecule has 4 aromatic rings. The summed E-state index contributed by atoms with van der Waals surface area (Å²) in [6, 6.07) is 18.2. The zero-order valence-corrected chi connectivity index (χ0v) is 18.5. The van der Waals surface area contributed by atoms with Crippen molar-refractivity contribution in [1.29, 1.82) is 0 Å². The largest absolute Gasteiger partial charge is 0.433 e. The van der Waals surface area contributed by atoms with Crippen LogP contribution in [0.1, 0.15) is 5.69 Å². The van der Waals surface area contributed by atoms with Gasteiger partial charge in [-0.2, -0.15) is 13.2 Å². The summed E-state index contributed by atoms with van der Waals surface area (Å²) in [5.74, 6) is -0.639. The molecule has 2 heterocycles. The Morgan fingerprint density at radius 2 is 1.68 bits per heavy atom. The molecule has 34 heavy (non-hydrogen) atoms. The van der Waals surface area contributed by atoms with Crippen LogP contribution in [0.15, 0.2) is 86.1 Å². The average molecular weight is 486 g/mol. The Hall–Kier alpha value is -3.86. The van der Waals surface area contributed by atoms with E-state index >= 15 is 0 Å². The minimum absolute atomic E-state index is 0.206. The van der Waals surface area contributed by atoms with Crippen LogP contribution in [0.25, 0.3) is 11.0 Å². The molecule has 0 saturated heterocycles. The Bertz CT molecular complexity index is 1500. The lowest BCUT2D eigenvalue weighted by molar-refractivity contribution is -0.141. The molecule has 0 spiro atoms. The molecule has 174 valence electrons. The van der Waals surface area contributed by atoms with Crippen molar-refractivity contribution in [2.45, 2.75) is 22.5 Å². The highest BCUT2D eigenvalue weighted by atomic mass is 32.2. The number of amides is 1. The fraction of sp³-hybridized carbons (Fsp3) is 0.130. The van der Waals surface area contributed by atoms with E-state index in [1.54, 1.807) is 12.1 Å². The van der Waals surface area contributed by atoms with E-state index in [0.29, 0.717) is 16.3 Å². The Balaban J connectivity index is 1.63. The standard InChI is InChI=1S/C23H17F3N4O3S/c1-29-20-15(11-12-18(28-20)23(24,25)26)21(32)30(22(29)33)13-19(31)27-16-9-5-6-10-17(16)34-14-7-3-2-4-8-14/h2-12H,13H2,1H3,(H,27,31). The average Bonchev–Trinajstić information content (AvgIpc) is 2.81. The number of benzene rings is 2. The maximum Gasteiger partial charge on any atom is 0.433 e. The van der Waals surface area contributed by atoms with Gasteiger partial charge in [0.15, 0.2) is 0 Å². The maximum absolute atomic E-state index is 13.0. The van der Waals surface area contributed by atoms with Gasteiger partial charge >= 0.3 is 11.9 Å². The first kappa shape index (κ1) is 23.3. The summed E-state index contributed by atoms with van der Waals surface area (Å²) in [6.45, 7) is -0.618. The third-order valence-corrected chi connectivity index (χ3v) is 5.99. The number of hydrogen-bond acceptors (Lipinski definition) is 5. The lowest BCUT2D eigenvalue weighted by Gasteiger charge is -2.13. The minimum Gasteiger partial charge on any atom is -0.323 e. The first-order valence-electron chi connectivity index (χ1n) is 9.94. The first-order chi connectivity index (χ1) is 16.1. The van der Waals surface area contributed by atoms with Gasteiger partial charge in [-0.25, -0.2) is 9.78 Å². The minimum atomic E-state index is -4.73. The fourth-order valence-corrected chi connectivity index (χ4v) is 4.20. The number of alkyl halides is 3. The number of halogens is 3. The summed E-state index contributed by atoms with van der Waals surface area (Å²) in [5.41, 5.74) is -3.00. The smallest absolute Gasteiger partial charge is 0.323 e. The number of carbonyl (C=O) groups excluding carboxylic acids is 1. The molecule has 7 nitrogen and oxygen atoms in total. The summed E-state index contributed by atoms with van der Waals surface area (Å²) >= 11 is 1.43. The van der Waals surface area contributed by atoms with Gasteiger partial charge < -0.3 is 5.32 Å².